The van der Waals surface area contributed by atoms with E-state index in [1.54, 1.807) is 31.4 Å². The van der Waals surface area contributed by atoms with Gasteiger partial charge < -0.3 is 15.3 Å². The molecular formula is C15H15FN2O2. The zero-order valence-electron chi connectivity index (χ0n) is 11.0. The third-order valence-corrected chi connectivity index (χ3v) is 2.75. The van der Waals surface area contributed by atoms with Crippen molar-refractivity contribution in [3.8, 4) is 11.5 Å². The van der Waals surface area contributed by atoms with Crippen molar-refractivity contribution in [2.45, 2.75) is 6.61 Å². The van der Waals surface area contributed by atoms with Crippen LogP contribution in [0.4, 0.5) is 4.39 Å². The number of ether oxygens (including phenoxy) is 2. The summed E-state index contributed by atoms with van der Waals surface area (Å²) in [7, 11) is 1.57. The molecule has 0 fully saturated rings. The fraction of sp³-hybridized carbons (Fsp3) is 0.133. The SMILES string of the molecule is COc1ccc(C=NN)cc1COc1ccccc1F. The molecule has 0 aliphatic heterocycles. The van der Waals surface area contributed by atoms with Gasteiger partial charge in [-0.3, -0.25) is 0 Å². The molecule has 4 nitrogen and oxygen atoms in total. The Morgan fingerprint density at radius 2 is 2.00 bits per heavy atom. The first-order valence-electron chi connectivity index (χ1n) is 6.02. The van der Waals surface area contributed by atoms with E-state index in [1.165, 1.54) is 12.3 Å². The van der Waals surface area contributed by atoms with Crippen LogP contribution in [0.15, 0.2) is 47.6 Å². The fourth-order valence-electron chi connectivity index (χ4n) is 1.79. The van der Waals surface area contributed by atoms with Gasteiger partial charge in [-0.15, -0.1) is 0 Å². The monoisotopic (exact) mass is 274 g/mol. The van der Waals surface area contributed by atoms with Crippen LogP contribution in [0.1, 0.15) is 11.1 Å². The highest BCUT2D eigenvalue weighted by Crippen LogP contribution is 2.23. The maximum absolute atomic E-state index is 13.5. The minimum atomic E-state index is -0.397. The molecular weight excluding hydrogens is 259 g/mol. The Hall–Kier alpha value is -2.56. The highest BCUT2D eigenvalue weighted by Gasteiger charge is 2.07. The van der Waals surface area contributed by atoms with E-state index in [4.69, 9.17) is 15.3 Å². The number of hydrazone groups is 1. The Labute approximate surface area is 116 Å². The topological polar surface area (TPSA) is 56.8 Å². The van der Waals surface area contributed by atoms with Gasteiger partial charge in [0.1, 0.15) is 12.4 Å². The van der Waals surface area contributed by atoms with Crippen molar-refractivity contribution < 1.29 is 13.9 Å². The Morgan fingerprint density at radius 1 is 1.20 bits per heavy atom. The average molecular weight is 274 g/mol. The third kappa shape index (κ3) is 3.26. The van der Waals surface area contributed by atoms with Crippen molar-refractivity contribution in [2.24, 2.45) is 10.9 Å². The average Bonchev–Trinajstić information content (AvgIpc) is 2.47. The van der Waals surface area contributed by atoms with Gasteiger partial charge >= 0.3 is 0 Å². The summed E-state index contributed by atoms with van der Waals surface area (Å²) in [6.07, 6.45) is 1.52. The zero-order valence-corrected chi connectivity index (χ0v) is 11.0. The van der Waals surface area contributed by atoms with Gasteiger partial charge in [-0.05, 0) is 35.9 Å². The summed E-state index contributed by atoms with van der Waals surface area (Å²) in [5.74, 6) is 5.59. The quantitative estimate of drug-likeness (QED) is 0.518. The summed E-state index contributed by atoms with van der Waals surface area (Å²) in [4.78, 5) is 0. The van der Waals surface area contributed by atoms with Crippen LogP contribution in [-0.4, -0.2) is 13.3 Å². The Kier molecular flexibility index (Phi) is 4.55. The van der Waals surface area contributed by atoms with Crippen molar-refractivity contribution in [2.75, 3.05) is 7.11 Å². The molecule has 0 amide bonds. The molecule has 2 aromatic rings. The molecule has 0 spiro atoms. The second kappa shape index (κ2) is 6.56. The van der Waals surface area contributed by atoms with Gasteiger partial charge in [-0.2, -0.15) is 5.10 Å². The summed E-state index contributed by atoms with van der Waals surface area (Å²) < 4.78 is 24.2. The Bertz CT molecular complexity index is 615. The minimum Gasteiger partial charge on any atom is -0.496 e. The van der Waals surface area contributed by atoms with Gasteiger partial charge in [0.25, 0.3) is 0 Å². The lowest BCUT2D eigenvalue weighted by Crippen LogP contribution is -2.01. The molecule has 104 valence electrons. The molecule has 0 saturated carbocycles. The van der Waals surface area contributed by atoms with Crippen molar-refractivity contribution in [3.05, 3.63) is 59.4 Å². The molecule has 2 rings (SSSR count). The largest absolute Gasteiger partial charge is 0.496 e. The predicted molar refractivity (Wildman–Crippen MR) is 75.5 cm³/mol. The van der Waals surface area contributed by atoms with Crippen molar-refractivity contribution >= 4 is 6.21 Å². The molecule has 0 aliphatic carbocycles. The second-order valence-electron chi connectivity index (χ2n) is 4.07. The van der Waals surface area contributed by atoms with Crippen molar-refractivity contribution in [3.63, 3.8) is 0 Å². The number of benzene rings is 2. The van der Waals surface area contributed by atoms with Crippen LogP contribution < -0.4 is 15.3 Å². The highest BCUT2D eigenvalue weighted by molar-refractivity contribution is 5.80. The van der Waals surface area contributed by atoms with Crippen LogP contribution in [0.2, 0.25) is 0 Å². The Morgan fingerprint density at radius 3 is 2.70 bits per heavy atom. The van der Waals surface area contributed by atoms with Crippen LogP contribution in [0, 0.1) is 5.82 Å². The lowest BCUT2D eigenvalue weighted by Gasteiger charge is -2.11. The van der Waals surface area contributed by atoms with E-state index in [-0.39, 0.29) is 12.4 Å². The van der Waals surface area contributed by atoms with E-state index < -0.39 is 5.82 Å². The van der Waals surface area contributed by atoms with Gasteiger partial charge in [-0.25, -0.2) is 4.39 Å². The molecule has 5 heteroatoms. The van der Waals surface area contributed by atoms with E-state index in [0.717, 1.165) is 11.1 Å². The van der Waals surface area contributed by atoms with E-state index in [2.05, 4.69) is 5.10 Å². The smallest absolute Gasteiger partial charge is 0.165 e. The normalized spacial score (nSPS) is 10.7. The first-order chi connectivity index (χ1) is 9.74. The molecule has 0 atom stereocenters. The number of hydrogen-bond acceptors (Lipinski definition) is 4. The van der Waals surface area contributed by atoms with E-state index in [1.807, 2.05) is 12.1 Å². The van der Waals surface area contributed by atoms with Gasteiger partial charge in [0, 0.05) is 5.56 Å². The van der Waals surface area contributed by atoms with Gasteiger partial charge in [0.2, 0.25) is 0 Å². The molecule has 0 radical (unpaired) electrons. The molecule has 20 heavy (non-hydrogen) atoms. The third-order valence-electron chi connectivity index (χ3n) is 2.75. The molecule has 0 aromatic heterocycles. The maximum Gasteiger partial charge on any atom is 0.165 e. The number of halogens is 1. The van der Waals surface area contributed by atoms with E-state index in [0.29, 0.717) is 5.75 Å². The number of rotatable bonds is 5. The maximum atomic E-state index is 13.5. The highest BCUT2D eigenvalue weighted by atomic mass is 19.1. The summed E-state index contributed by atoms with van der Waals surface area (Å²) in [6, 6.07) is 11.7. The molecule has 0 bridgehead atoms. The van der Waals surface area contributed by atoms with Gasteiger partial charge in [0.05, 0.1) is 13.3 Å². The fourth-order valence-corrected chi connectivity index (χ4v) is 1.79. The number of methoxy groups -OCH3 is 1. The van der Waals surface area contributed by atoms with Crippen LogP contribution in [-0.2, 0) is 6.61 Å². The summed E-state index contributed by atoms with van der Waals surface area (Å²) in [5, 5.41) is 3.47. The molecule has 0 saturated heterocycles. The number of nitrogens with two attached hydrogens (primary N) is 1. The standard InChI is InChI=1S/C15H15FN2O2/c1-19-14-7-6-11(9-18-17)8-12(14)10-20-15-5-3-2-4-13(15)16/h2-9H,10,17H2,1H3. The first kappa shape index (κ1) is 13.9. The van der Waals surface area contributed by atoms with Crippen LogP contribution in [0.5, 0.6) is 11.5 Å². The van der Waals surface area contributed by atoms with Crippen LogP contribution in [0.25, 0.3) is 0 Å². The Balaban J connectivity index is 2.19. The van der Waals surface area contributed by atoms with Crippen LogP contribution in [0.3, 0.4) is 0 Å². The number of para-hydroxylation sites is 1. The second-order valence-corrected chi connectivity index (χ2v) is 4.07. The number of nitrogens with zero attached hydrogens (tertiary/aromatic N) is 1. The lowest BCUT2D eigenvalue weighted by atomic mass is 10.1. The zero-order chi connectivity index (χ0) is 14.4. The molecule has 0 unspecified atom stereocenters. The first-order valence-corrected chi connectivity index (χ1v) is 6.02. The summed E-state index contributed by atoms with van der Waals surface area (Å²) in [5.41, 5.74) is 1.61. The summed E-state index contributed by atoms with van der Waals surface area (Å²) >= 11 is 0. The van der Waals surface area contributed by atoms with Gasteiger partial charge in [0.15, 0.2) is 11.6 Å². The molecule has 2 aromatic carbocycles. The lowest BCUT2D eigenvalue weighted by molar-refractivity contribution is 0.282. The van der Waals surface area contributed by atoms with Crippen LogP contribution >= 0.6 is 0 Å². The van der Waals surface area contributed by atoms with E-state index >= 15 is 0 Å². The minimum absolute atomic E-state index is 0.191. The number of hydrogen-bond donors (Lipinski definition) is 1. The molecule has 0 heterocycles. The molecule has 0 aliphatic rings. The summed E-state index contributed by atoms with van der Waals surface area (Å²) in [6.45, 7) is 0.191. The van der Waals surface area contributed by atoms with Gasteiger partial charge in [-0.1, -0.05) is 12.1 Å². The molecule has 2 N–H and O–H groups in total. The van der Waals surface area contributed by atoms with Crippen molar-refractivity contribution in [1.29, 1.82) is 0 Å². The van der Waals surface area contributed by atoms with Crippen molar-refractivity contribution in [1.82, 2.24) is 0 Å². The van der Waals surface area contributed by atoms with E-state index in [9.17, 15) is 4.39 Å². The predicted octanol–water partition coefficient (Wildman–Crippen LogP) is 2.71.